The summed E-state index contributed by atoms with van der Waals surface area (Å²) in [5, 5.41) is 17.2. The van der Waals surface area contributed by atoms with Crippen LogP contribution in [0.3, 0.4) is 0 Å². The number of nitro groups is 1. The summed E-state index contributed by atoms with van der Waals surface area (Å²) in [6.45, 7) is 8.59. The Morgan fingerprint density at radius 2 is 1.87 bits per heavy atom. The zero-order chi connectivity index (χ0) is 22.1. The van der Waals surface area contributed by atoms with Crippen molar-refractivity contribution in [1.29, 1.82) is 0 Å². The number of carbonyl (C=O) groups is 1. The summed E-state index contributed by atoms with van der Waals surface area (Å²) >= 11 is 0. The van der Waals surface area contributed by atoms with Crippen LogP contribution in [-0.2, 0) is 16.1 Å². The number of hydrogen-bond acceptors (Lipinski definition) is 6. The molecule has 0 bridgehead atoms. The number of non-ortho nitro benzene ring substituents is 1. The molecule has 0 saturated carbocycles. The smallest absolute Gasteiger partial charge is 0.269 e. The van der Waals surface area contributed by atoms with Crippen LogP contribution in [0.1, 0.15) is 19.4 Å². The number of nitro benzene ring substituents is 1. The lowest BCUT2D eigenvalue weighted by atomic mass is 10.0. The molecule has 0 atom stereocenters. The minimum atomic E-state index is -0.428. The Labute approximate surface area is 177 Å². The molecule has 30 heavy (non-hydrogen) atoms. The summed E-state index contributed by atoms with van der Waals surface area (Å²) in [6.07, 6.45) is 0. The van der Waals surface area contributed by atoms with Crippen LogP contribution in [0.2, 0.25) is 0 Å². The molecular formula is C20H32N6O4. The maximum Gasteiger partial charge on any atom is 0.269 e. The summed E-state index contributed by atoms with van der Waals surface area (Å²) in [5.41, 5.74) is 0.765. The monoisotopic (exact) mass is 420 g/mol. The van der Waals surface area contributed by atoms with E-state index >= 15 is 0 Å². The molecule has 1 amide bonds. The van der Waals surface area contributed by atoms with Gasteiger partial charge in [0.1, 0.15) is 0 Å². The van der Waals surface area contributed by atoms with Gasteiger partial charge in [-0.2, -0.15) is 0 Å². The van der Waals surface area contributed by atoms with Crippen LogP contribution in [0.5, 0.6) is 0 Å². The Hall–Kier alpha value is -2.72. The van der Waals surface area contributed by atoms with E-state index in [1.54, 1.807) is 26.2 Å². The van der Waals surface area contributed by atoms with E-state index in [4.69, 9.17) is 4.74 Å². The third-order valence-electron chi connectivity index (χ3n) is 5.03. The standard InChI is InChI=1S/C20H32N6O4/c1-20(2,25-9-11-30-12-10-25)15-23-19(22-14-18(27)24(3)4)21-13-16-5-7-17(8-6-16)26(28)29/h5-8H,9-15H2,1-4H3,(H2,21,22,23). The van der Waals surface area contributed by atoms with Gasteiger partial charge >= 0.3 is 0 Å². The molecule has 1 aromatic carbocycles. The summed E-state index contributed by atoms with van der Waals surface area (Å²) in [7, 11) is 3.40. The number of amides is 1. The number of benzene rings is 1. The van der Waals surface area contributed by atoms with Crippen LogP contribution >= 0.6 is 0 Å². The van der Waals surface area contributed by atoms with Crippen molar-refractivity contribution in [3.05, 3.63) is 39.9 Å². The lowest BCUT2D eigenvalue weighted by Crippen LogP contribution is -2.56. The highest BCUT2D eigenvalue weighted by Crippen LogP contribution is 2.15. The topological polar surface area (TPSA) is 112 Å². The van der Waals surface area contributed by atoms with Gasteiger partial charge in [0.05, 0.1) is 31.2 Å². The number of likely N-dealkylation sites (N-methyl/N-ethyl adjacent to an activating group) is 1. The molecule has 0 spiro atoms. The van der Waals surface area contributed by atoms with Crippen molar-refractivity contribution < 1.29 is 14.5 Å². The molecule has 1 aliphatic heterocycles. The Kier molecular flexibility index (Phi) is 8.55. The van der Waals surface area contributed by atoms with Gasteiger partial charge in [-0.3, -0.25) is 19.8 Å². The van der Waals surface area contributed by atoms with Crippen molar-refractivity contribution in [2.45, 2.75) is 25.9 Å². The van der Waals surface area contributed by atoms with Gasteiger partial charge in [-0.25, -0.2) is 4.99 Å². The van der Waals surface area contributed by atoms with Gasteiger partial charge in [0.25, 0.3) is 5.69 Å². The van der Waals surface area contributed by atoms with Gasteiger partial charge in [-0.1, -0.05) is 12.1 Å². The number of morpholine rings is 1. The molecule has 10 heteroatoms. The highest BCUT2D eigenvalue weighted by atomic mass is 16.6. The van der Waals surface area contributed by atoms with E-state index in [1.165, 1.54) is 17.0 Å². The SMILES string of the molecule is CN(C)C(=O)CNC(=NCc1ccc([N+](=O)[O-])cc1)NCC(C)(C)N1CCOCC1. The summed E-state index contributed by atoms with van der Waals surface area (Å²) in [5.74, 6) is 0.456. The Bertz CT molecular complexity index is 742. The quantitative estimate of drug-likeness (QED) is 0.277. The van der Waals surface area contributed by atoms with Gasteiger partial charge in [0.15, 0.2) is 5.96 Å². The first-order valence-electron chi connectivity index (χ1n) is 9.97. The van der Waals surface area contributed by atoms with Gasteiger partial charge in [-0.15, -0.1) is 0 Å². The van der Waals surface area contributed by atoms with Crippen molar-refractivity contribution in [2.75, 3.05) is 53.5 Å². The van der Waals surface area contributed by atoms with Crippen molar-refractivity contribution >= 4 is 17.6 Å². The number of carbonyl (C=O) groups excluding carboxylic acids is 1. The summed E-state index contributed by atoms with van der Waals surface area (Å²) < 4.78 is 5.44. The van der Waals surface area contributed by atoms with Gasteiger partial charge in [-0.05, 0) is 19.4 Å². The Morgan fingerprint density at radius 3 is 2.43 bits per heavy atom. The van der Waals surface area contributed by atoms with E-state index in [0.29, 0.717) is 19.0 Å². The van der Waals surface area contributed by atoms with Crippen molar-refractivity contribution in [3.8, 4) is 0 Å². The molecule has 1 fully saturated rings. The molecule has 1 aliphatic rings. The highest BCUT2D eigenvalue weighted by Gasteiger charge is 2.28. The fraction of sp³-hybridized carbons (Fsp3) is 0.600. The molecule has 0 unspecified atom stereocenters. The van der Waals surface area contributed by atoms with E-state index < -0.39 is 4.92 Å². The van der Waals surface area contributed by atoms with E-state index in [2.05, 4.69) is 34.4 Å². The second kappa shape index (κ2) is 10.9. The van der Waals surface area contributed by atoms with Crippen LogP contribution in [0, 0.1) is 10.1 Å². The molecule has 2 N–H and O–H groups in total. The van der Waals surface area contributed by atoms with Crippen LogP contribution in [0.15, 0.2) is 29.3 Å². The number of aliphatic imine (C=N–C) groups is 1. The van der Waals surface area contributed by atoms with Crippen LogP contribution in [-0.4, -0.2) is 85.6 Å². The molecular weight excluding hydrogens is 388 g/mol. The third-order valence-corrected chi connectivity index (χ3v) is 5.03. The first kappa shape index (κ1) is 23.6. The third kappa shape index (κ3) is 7.27. The van der Waals surface area contributed by atoms with Crippen LogP contribution < -0.4 is 10.6 Å². The van der Waals surface area contributed by atoms with Crippen LogP contribution in [0.25, 0.3) is 0 Å². The van der Waals surface area contributed by atoms with Gasteiger partial charge in [0, 0.05) is 51.4 Å². The van der Waals surface area contributed by atoms with E-state index in [1.807, 2.05) is 0 Å². The Morgan fingerprint density at radius 1 is 1.23 bits per heavy atom. The fourth-order valence-corrected chi connectivity index (χ4v) is 2.97. The minimum absolute atomic E-state index is 0.0445. The fourth-order valence-electron chi connectivity index (χ4n) is 2.97. The van der Waals surface area contributed by atoms with Crippen LogP contribution in [0.4, 0.5) is 5.69 Å². The first-order valence-corrected chi connectivity index (χ1v) is 9.97. The zero-order valence-electron chi connectivity index (χ0n) is 18.2. The number of rotatable bonds is 8. The average molecular weight is 421 g/mol. The molecule has 1 saturated heterocycles. The van der Waals surface area contributed by atoms with E-state index in [9.17, 15) is 14.9 Å². The maximum absolute atomic E-state index is 12.0. The normalized spacial score (nSPS) is 15.5. The van der Waals surface area contributed by atoms with E-state index in [-0.39, 0.29) is 23.7 Å². The van der Waals surface area contributed by atoms with E-state index in [0.717, 1.165) is 31.9 Å². The molecule has 0 aromatic heterocycles. The molecule has 2 rings (SSSR count). The molecule has 10 nitrogen and oxygen atoms in total. The lowest BCUT2D eigenvalue weighted by molar-refractivity contribution is -0.384. The number of nitrogens with zero attached hydrogens (tertiary/aromatic N) is 4. The molecule has 1 heterocycles. The summed E-state index contributed by atoms with van der Waals surface area (Å²) in [6, 6.07) is 6.29. The number of guanidine groups is 1. The number of ether oxygens (including phenoxy) is 1. The van der Waals surface area contributed by atoms with Gasteiger partial charge < -0.3 is 20.3 Å². The zero-order valence-corrected chi connectivity index (χ0v) is 18.2. The lowest BCUT2D eigenvalue weighted by Gasteiger charge is -2.41. The van der Waals surface area contributed by atoms with Crippen molar-refractivity contribution in [3.63, 3.8) is 0 Å². The first-order chi connectivity index (χ1) is 14.2. The second-order valence-electron chi connectivity index (χ2n) is 8.00. The number of nitrogens with one attached hydrogen (secondary N) is 2. The minimum Gasteiger partial charge on any atom is -0.379 e. The molecule has 0 radical (unpaired) electrons. The van der Waals surface area contributed by atoms with Crippen molar-refractivity contribution in [2.24, 2.45) is 4.99 Å². The maximum atomic E-state index is 12.0. The second-order valence-corrected chi connectivity index (χ2v) is 8.00. The van der Waals surface area contributed by atoms with Gasteiger partial charge in [0.2, 0.25) is 5.91 Å². The summed E-state index contributed by atoms with van der Waals surface area (Å²) in [4.78, 5) is 30.8. The predicted octanol–water partition coefficient (Wildman–Crippen LogP) is 0.829. The predicted molar refractivity (Wildman–Crippen MR) is 115 cm³/mol. The number of hydrogen-bond donors (Lipinski definition) is 2. The highest BCUT2D eigenvalue weighted by molar-refractivity contribution is 5.86. The molecule has 166 valence electrons. The largest absolute Gasteiger partial charge is 0.379 e. The Balaban J connectivity index is 2.03. The molecule has 0 aliphatic carbocycles. The average Bonchev–Trinajstić information content (AvgIpc) is 2.73. The molecule has 1 aromatic rings. The van der Waals surface area contributed by atoms with Crippen molar-refractivity contribution in [1.82, 2.24) is 20.4 Å².